The number of aromatic nitrogens is 3. The molecular formula is C26H20BrClN4NaO3S2. The second kappa shape index (κ2) is 11.6. The molecule has 7 nitrogen and oxygen atoms in total. The normalized spacial score (nSPS) is 11.4. The average molecular weight is 639 g/mol. The van der Waals surface area contributed by atoms with E-state index in [9.17, 15) is 13.2 Å². The van der Waals surface area contributed by atoms with E-state index in [-0.39, 0.29) is 39.5 Å². The number of carbonyl (C=O) groups excluding carboxylic acids is 1. The second-order valence-corrected chi connectivity index (χ2v) is 13.2. The van der Waals surface area contributed by atoms with Gasteiger partial charge in [-0.15, -0.1) is 11.3 Å². The quantitative estimate of drug-likeness (QED) is 0.231. The molecule has 0 saturated heterocycles. The van der Waals surface area contributed by atoms with E-state index in [1.807, 2.05) is 66.9 Å². The van der Waals surface area contributed by atoms with Gasteiger partial charge in [-0.05, 0) is 76.3 Å². The molecule has 1 N–H and O–H groups in total. The van der Waals surface area contributed by atoms with E-state index in [0.29, 0.717) is 37.9 Å². The van der Waals surface area contributed by atoms with Crippen LogP contribution in [0, 0.1) is 13.8 Å². The number of pyridine rings is 1. The van der Waals surface area contributed by atoms with Crippen molar-refractivity contribution in [2.75, 3.05) is 0 Å². The maximum Gasteiger partial charge on any atom is 0.283 e. The van der Waals surface area contributed by atoms with Crippen molar-refractivity contribution < 1.29 is 13.2 Å². The molecule has 2 aromatic carbocycles. The molecule has 3 aromatic heterocycles. The van der Waals surface area contributed by atoms with Crippen molar-refractivity contribution in [3.8, 4) is 11.1 Å². The SMILES string of the molecule is Cc1cc(C(=O)NS(=O)(=O)c2ccc(Br)s2)nc2c1nc(C)n2Cc1ccc(-c2ccccc2)cc1Cl.[Na]. The number of halogens is 2. The molecule has 0 unspecified atom stereocenters. The molecule has 3 heterocycles. The number of aryl methyl sites for hydroxylation is 2. The van der Waals surface area contributed by atoms with Gasteiger partial charge in [-0.3, -0.25) is 4.79 Å². The van der Waals surface area contributed by atoms with Crippen LogP contribution in [-0.2, 0) is 16.6 Å². The van der Waals surface area contributed by atoms with Crippen LogP contribution < -0.4 is 4.72 Å². The van der Waals surface area contributed by atoms with Gasteiger partial charge in [0.15, 0.2) is 5.65 Å². The molecule has 38 heavy (non-hydrogen) atoms. The molecule has 0 spiro atoms. The zero-order valence-electron chi connectivity index (χ0n) is 20.7. The largest absolute Gasteiger partial charge is 0.308 e. The van der Waals surface area contributed by atoms with Gasteiger partial charge in [0, 0.05) is 34.6 Å². The van der Waals surface area contributed by atoms with Crippen molar-refractivity contribution in [3.63, 3.8) is 0 Å². The van der Waals surface area contributed by atoms with Gasteiger partial charge in [-0.25, -0.2) is 23.1 Å². The Balaban J connectivity index is 0.00000336. The molecule has 5 aromatic rings. The average Bonchev–Trinajstić information content (AvgIpc) is 3.44. The summed E-state index contributed by atoms with van der Waals surface area (Å²) >= 11 is 10.9. The fourth-order valence-electron chi connectivity index (χ4n) is 3.98. The number of nitrogens with zero attached hydrogens (tertiary/aromatic N) is 3. The number of carbonyl (C=O) groups is 1. The van der Waals surface area contributed by atoms with Crippen LogP contribution in [0.3, 0.4) is 0 Å². The van der Waals surface area contributed by atoms with Crippen LogP contribution in [0.2, 0.25) is 5.02 Å². The van der Waals surface area contributed by atoms with Gasteiger partial charge in [0.05, 0.1) is 10.3 Å². The Morgan fingerprint density at radius 1 is 1.03 bits per heavy atom. The Morgan fingerprint density at radius 3 is 2.42 bits per heavy atom. The van der Waals surface area contributed by atoms with E-state index >= 15 is 0 Å². The topological polar surface area (TPSA) is 93.9 Å². The van der Waals surface area contributed by atoms with E-state index in [1.54, 1.807) is 6.07 Å². The molecule has 0 aliphatic heterocycles. The number of nitrogens with one attached hydrogen (secondary N) is 1. The van der Waals surface area contributed by atoms with Crippen molar-refractivity contribution in [2.45, 2.75) is 24.6 Å². The maximum atomic E-state index is 12.9. The first-order valence-electron chi connectivity index (χ1n) is 11.1. The molecule has 0 saturated carbocycles. The van der Waals surface area contributed by atoms with E-state index in [0.717, 1.165) is 28.0 Å². The molecule has 1 radical (unpaired) electrons. The Morgan fingerprint density at radius 2 is 1.76 bits per heavy atom. The minimum absolute atomic E-state index is 0. The summed E-state index contributed by atoms with van der Waals surface area (Å²) in [5.41, 5.74) is 4.74. The van der Waals surface area contributed by atoms with Crippen molar-refractivity contribution in [3.05, 3.63) is 98.2 Å². The van der Waals surface area contributed by atoms with Crippen LogP contribution in [-0.4, -0.2) is 58.4 Å². The molecule has 0 fully saturated rings. The molecule has 189 valence electrons. The van der Waals surface area contributed by atoms with Crippen LogP contribution >= 0.6 is 38.9 Å². The van der Waals surface area contributed by atoms with Crippen LogP contribution in [0.15, 0.2) is 74.7 Å². The third-order valence-corrected chi connectivity index (χ3v) is 9.64. The predicted molar refractivity (Wildman–Crippen MR) is 155 cm³/mol. The first-order chi connectivity index (χ1) is 17.6. The van der Waals surface area contributed by atoms with Gasteiger partial charge in [0.2, 0.25) is 0 Å². The van der Waals surface area contributed by atoms with Crippen LogP contribution in [0.4, 0.5) is 0 Å². The second-order valence-electron chi connectivity index (χ2n) is 8.41. The van der Waals surface area contributed by atoms with Crippen LogP contribution in [0.5, 0.6) is 0 Å². The fourth-order valence-corrected chi connectivity index (χ4v) is 7.19. The summed E-state index contributed by atoms with van der Waals surface area (Å²) in [6, 6.07) is 20.4. The molecule has 12 heteroatoms. The summed E-state index contributed by atoms with van der Waals surface area (Å²) in [5.74, 6) is -0.118. The third-order valence-electron chi connectivity index (χ3n) is 5.85. The smallest absolute Gasteiger partial charge is 0.283 e. The van der Waals surface area contributed by atoms with Gasteiger partial charge in [0.25, 0.3) is 15.9 Å². The van der Waals surface area contributed by atoms with Gasteiger partial charge >= 0.3 is 0 Å². The summed E-state index contributed by atoms with van der Waals surface area (Å²) in [7, 11) is -4.03. The Kier molecular flexibility index (Phi) is 8.83. The summed E-state index contributed by atoms with van der Waals surface area (Å²) in [6.07, 6.45) is 0. The number of imidazole rings is 1. The van der Waals surface area contributed by atoms with Crippen molar-refractivity contribution >= 4 is 95.5 Å². The first-order valence-corrected chi connectivity index (χ1v) is 14.6. The van der Waals surface area contributed by atoms with Gasteiger partial charge in [-0.2, -0.15) is 0 Å². The maximum absolute atomic E-state index is 12.9. The van der Waals surface area contributed by atoms with Crippen molar-refractivity contribution in [1.82, 2.24) is 19.3 Å². The summed E-state index contributed by atoms with van der Waals surface area (Å²) in [4.78, 5) is 22.1. The number of amides is 1. The molecule has 0 aliphatic carbocycles. The number of sulfonamides is 1. The number of hydrogen-bond donors (Lipinski definition) is 1. The molecule has 5 rings (SSSR count). The predicted octanol–water partition coefficient (Wildman–Crippen LogP) is 5.98. The first kappa shape index (κ1) is 28.9. The van der Waals surface area contributed by atoms with Crippen LogP contribution in [0.25, 0.3) is 22.3 Å². The van der Waals surface area contributed by atoms with E-state index in [1.165, 1.54) is 12.1 Å². The van der Waals surface area contributed by atoms with E-state index in [2.05, 4.69) is 30.6 Å². The summed E-state index contributed by atoms with van der Waals surface area (Å²) in [6.45, 7) is 4.05. The minimum atomic E-state index is -4.03. The standard InChI is InChI=1S/C26H20BrClN4O3S2.Na/c1-15-12-21(26(33)31-37(34,35)23-11-10-22(27)36-23)30-25-24(15)29-16(2)32(25)14-19-9-8-18(13-20(19)28)17-6-4-3-5-7-17;/h3-13H,14H2,1-2H3,(H,31,33);. The van der Waals surface area contributed by atoms with Crippen LogP contribution in [0.1, 0.15) is 27.4 Å². The Hall–Kier alpha value is -2.05. The summed E-state index contributed by atoms with van der Waals surface area (Å²) < 4.78 is 30.0. The summed E-state index contributed by atoms with van der Waals surface area (Å²) in [5, 5.41) is 0.599. The molecular weight excluding hydrogens is 619 g/mol. The molecule has 1 amide bonds. The van der Waals surface area contributed by atoms with Gasteiger partial charge in [-0.1, -0.05) is 54.1 Å². The zero-order valence-corrected chi connectivity index (χ0v) is 26.7. The van der Waals surface area contributed by atoms with E-state index in [4.69, 9.17) is 11.6 Å². The molecule has 0 atom stereocenters. The number of benzene rings is 2. The zero-order chi connectivity index (χ0) is 26.3. The minimum Gasteiger partial charge on any atom is -0.308 e. The molecule has 0 bridgehead atoms. The third kappa shape index (κ3) is 5.91. The number of hydrogen-bond acceptors (Lipinski definition) is 6. The number of rotatable bonds is 6. The monoisotopic (exact) mass is 637 g/mol. The van der Waals surface area contributed by atoms with Crippen molar-refractivity contribution in [1.29, 1.82) is 0 Å². The van der Waals surface area contributed by atoms with E-state index < -0.39 is 15.9 Å². The Labute approximate surface area is 259 Å². The Bertz CT molecular complexity index is 1770. The fraction of sp³-hybridized carbons (Fsp3) is 0.115. The molecule has 0 aliphatic rings. The van der Waals surface area contributed by atoms with Gasteiger partial charge < -0.3 is 4.57 Å². The number of fused-ring (bicyclic) bond motifs is 1. The number of thiophene rings is 1. The van der Waals surface area contributed by atoms with Gasteiger partial charge in [0.1, 0.15) is 21.2 Å². The van der Waals surface area contributed by atoms with Crippen molar-refractivity contribution in [2.24, 2.45) is 0 Å².